The number of hydrogen-bond donors (Lipinski definition) is 2. The van der Waals surface area contributed by atoms with Crippen molar-refractivity contribution in [2.45, 2.75) is 6.92 Å². The molecular weight excluding hydrogens is 435 g/mol. The van der Waals surface area contributed by atoms with Gasteiger partial charge >= 0.3 is 0 Å². The monoisotopic (exact) mass is 450 g/mol. The third-order valence-electron chi connectivity index (χ3n) is 4.16. The van der Waals surface area contributed by atoms with Crippen LogP contribution in [-0.4, -0.2) is 38.9 Å². The Bertz CT molecular complexity index is 982. The van der Waals surface area contributed by atoms with E-state index in [0.29, 0.717) is 24.7 Å². The van der Waals surface area contributed by atoms with Gasteiger partial charge in [-0.05, 0) is 41.6 Å². The minimum Gasteiger partial charge on any atom is -0.379 e. The van der Waals surface area contributed by atoms with E-state index in [1.165, 1.54) is 6.20 Å². The molecule has 1 aliphatic rings. The van der Waals surface area contributed by atoms with Gasteiger partial charge in [0.2, 0.25) is 11.9 Å². The number of halogens is 1. The molecule has 1 aliphatic heterocycles. The number of hydrogen-bond acceptors (Lipinski definition) is 6. The Balaban J connectivity index is 1.79. The van der Waals surface area contributed by atoms with Gasteiger partial charge in [0.25, 0.3) is 0 Å². The van der Waals surface area contributed by atoms with Gasteiger partial charge in [-0.25, -0.2) is 9.67 Å². The number of carbonyl (C=O) groups excluding carboxylic acids is 1. The van der Waals surface area contributed by atoms with E-state index >= 15 is 0 Å². The maximum Gasteiger partial charge on any atom is 0.235 e. The average Bonchev–Trinajstić information content (AvgIpc) is 2.97. The SMILES string of the molecule is CC1(C(=O)Nc2cnc(N)nc2-n2ncc3ccc(I)cc32)COC1. The van der Waals surface area contributed by atoms with Gasteiger partial charge in [-0.15, -0.1) is 0 Å². The lowest BCUT2D eigenvalue weighted by molar-refractivity contribution is -0.151. The Labute approximate surface area is 156 Å². The molecule has 128 valence electrons. The standard InChI is InChI=1S/C16H15IN6O2/c1-16(7-25-8-16)14(24)21-11-6-19-15(18)22-13(11)23-12-4-10(17)3-2-9(12)5-20-23/h2-6H,7-8H2,1H3,(H,21,24)(H2,18,19,22). The lowest BCUT2D eigenvalue weighted by atomic mass is 9.87. The van der Waals surface area contributed by atoms with E-state index in [4.69, 9.17) is 10.5 Å². The Hall–Kier alpha value is -2.27. The summed E-state index contributed by atoms with van der Waals surface area (Å²) < 4.78 is 7.88. The van der Waals surface area contributed by atoms with E-state index in [1.54, 1.807) is 10.9 Å². The second-order valence-electron chi connectivity index (χ2n) is 6.23. The van der Waals surface area contributed by atoms with Gasteiger partial charge in [0.15, 0.2) is 5.82 Å². The largest absolute Gasteiger partial charge is 0.379 e. The molecule has 3 aromatic rings. The highest BCUT2D eigenvalue weighted by molar-refractivity contribution is 14.1. The molecular formula is C16H15IN6O2. The van der Waals surface area contributed by atoms with Crippen LogP contribution in [-0.2, 0) is 9.53 Å². The van der Waals surface area contributed by atoms with Gasteiger partial charge in [0, 0.05) is 8.96 Å². The first-order chi connectivity index (χ1) is 12.0. The lowest BCUT2D eigenvalue weighted by Crippen LogP contribution is -2.49. The summed E-state index contributed by atoms with van der Waals surface area (Å²) in [6.45, 7) is 2.65. The van der Waals surface area contributed by atoms with Crippen LogP contribution in [0.5, 0.6) is 0 Å². The summed E-state index contributed by atoms with van der Waals surface area (Å²) in [4.78, 5) is 20.8. The average molecular weight is 450 g/mol. The normalized spacial score (nSPS) is 15.8. The maximum absolute atomic E-state index is 12.5. The van der Waals surface area contributed by atoms with Gasteiger partial charge in [-0.2, -0.15) is 10.1 Å². The number of nitrogens with zero attached hydrogens (tertiary/aromatic N) is 4. The van der Waals surface area contributed by atoms with Crippen molar-refractivity contribution in [2.75, 3.05) is 24.3 Å². The number of aromatic nitrogens is 4. The number of rotatable bonds is 3. The number of amides is 1. The number of anilines is 2. The van der Waals surface area contributed by atoms with Crippen LogP contribution < -0.4 is 11.1 Å². The third kappa shape index (κ3) is 2.82. The Morgan fingerprint density at radius 1 is 1.40 bits per heavy atom. The minimum absolute atomic E-state index is 0.112. The molecule has 1 saturated heterocycles. The van der Waals surface area contributed by atoms with Crippen molar-refractivity contribution >= 4 is 51.0 Å². The van der Waals surface area contributed by atoms with E-state index in [9.17, 15) is 4.79 Å². The highest BCUT2D eigenvalue weighted by Gasteiger charge is 2.41. The number of carbonyl (C=O) groups is 1. The van der Waals surface area contributed by atoms with Gasteiger partial charge in [-0.3, -0.25) is 4.79 Å². The maximum atomic E-state index is 12.5. The van der Waals surface area contributed by atoms with Gasteiger partial charge < -0.3 is 15.8 Å². The van der Waals surface area contributed by atoms with Crippen LogP contribution in [0.3, 0.4) is 0 Å². The molecule has 0 bridgehead atoms. The first-order valence-electron chi connectivity index (χ1n) is 7.62. The van der Waals surface area contributed by atoms with Crippen molar-refractivity contribution in [3.63, 3.8) is 0 Å². The number of nitrogens with one attached hydrogen (secondary N) is 1. The molecule has 0 atom stereocenters. The van der Waals surface area contributed by atoms with Crippen LogP contribution >= 0.6 is 22.6 Å². The first kappa shape index (κ1) is 16.2. The summed E-state index contributed by atoms with van der Waals surface area (Å²) in [5, 5.41) is 8.26. The predicted octanol–water partition coefficient (Wildman–Crippen LogP) is 1.98. The zero-order valence-corrected chi connectivity index (χ0v) is 15.5. The molecule has 3 heterocycles. The van der Waals surface area contributed by atoms with Crippen LogP contribution in [0.4, 0.5) is 11.6 Å². The topological polar surface area (TPSA) is 108 Å². The molecule has 2 aromatic heterocycles. The molecule has 1 fully saturated rings. The molecule has 0 spiro atoms. The van der Waals surface area contributed by atoms with Crippen molar-refractivity contribution in [1.29, 1.82) is 0 Å². The van der Waals surface area contributed by atoms with Gasteiger partial charge in [0.05, 0.1) is 36.5 Å². The van der Waals surface area contributed by atoms with Crippen LogP contribution in [0.2, 0.25) is 0 Å². The highest BCUT2D eigenvalue weighted by atomic mass is 127. The van der Waals surface area contributed by atoms with Crippen LogP contribution in [0.1, 0.15) is 6.92 Å². The molecule has 0 radical (unpaired) electrons. The van der Waals surface area contributed by atoms with Crippen molar-refractivity contribution < 1.29 is 9.53 Å². The van der Waals surface area contributed by atoms with E-state index < -0.39 is 5.41 Å². The van der Waals surface area contributed by atoms with Gasteiger partial charge in [0.1, 0.15) is 5.69 Å². The zero-order chi connectivity index (χ0) is 17.6. The molecule has 0 unspecified atom stereocenters. The molecule has 25 heavy (non-hydrogen) atoms. The fraction of sp³-hybridized carbons (Fsp3) is 0.250. The Kier molecular flexibility index (Phi) is 3.84. The van der Waals surface area contributed by atoms with Crippen molar-refractivity contribution in [2.24, 2.45) is 5.41 Å². The summed E-state index contributed by atoms with van der Waals surface area (Å²) in [7, 11) is 0. The minimum atomic E-state index is -0.541. The van der Waals surface area contributed by atoms with E-state index in [0.717, 1.165) is 14.5 Å². The lowest BCUT2D eigenvalue weighted by Gasteiger charge is -2.36. The fourth-order valence-electron chi connectivity index (χ4n) is 2.61. The smallest absolute Gasteiger partial charge is 0.235 e. The number of nitrogen functional groups attached to an aromatic ring is 1. The fourth-order valence-corrected chi connectivity index (χ4v) is 3.08. The first-order valence-corrected chi connectivity index (χ1v) is 8.69. The molecule has 1 aromatic carbocycles. The quantitative estimate of drug-likeness (QED) is 0.591. The summed E-state index contributed by atoms with van der Waals surface area (Å²) in [6, 6.07) is 5.98. The van der Waals surface area contributed by atoms with Crippen molar-refractivity contribution in [3.05, 3.63) is 34.2 Å². The molecule has 1 amide bonds. The number of nitrogens with two attached hydrogens (primary N) is 1. The van der Waals surface area contributed by atoms with Crippen LogP contribution in [0, 0.1) is 8.99 Å². The number of ether oxygens (including phenoxy) is 1. The zero-order valence-electron chi connectivity index (χ0n) is 13.4. The van der Waals surface area contributed by atoms with Crippen LogP contribution in [0.25, 0.3) is 16.7 Å². The van der Waals surface area contributed by atoms with Crippen molar-refractivity contribution in [3.8, 4) is 5.82 Å². The predicted molar refractivity (Wildman–Crippen MR) is 101 cm³/mol. The second kappa shape index (κ2) is 5.92. The molecule has 9 heteroatoms. The second-order valence-corrected chi connectivity index (χ2v) is 7.48. The van der Waals surface area contributed by atoms with E-state index in [1.807, 2.05) is 25.1 Å². The molecule has 0 aliphatic carbocycles. The Morgan fingerprint density at radius 3 is 2.92 bits per heavy atom. The third-order valence-corrected chi connectivity index (χ3v) is 4.83. The van der Waals surface area contributed by atoms with E-state index in [2.05, 4.69) is 43.0 Å². The molecule has 3 N–H and O–H groups in total. The molecule has 0 saturated carbocycles. The Morgan fingerprint density at radius 2 is 2.20 bits per heavy atom. The number of fused-ring (bicyclic) bond motifs is 1. The van der Waals surface area contributed by atoms with Crippen LogP contribution in [0.15, 0.2) is 30.6 Å². The summed E-state index contributed by atoms with van der Waals surface area (Å²) in [5.41, 5.74) is 6.55. The number of benzene rings is 1. The molecule has 4 rings (SSSR count). The van der Waals surface area contributed by atoms with Gasteiger partial charge in [-0.1, -0.05) is 6.07 Å². The highest BCUT2D eigenvalue weighted by Crippen LogP contribution is 2.30. The van der Waals surface area contributed by atoms with Crippen molar-refractivity contribution in [1.82, 2.24) is 19.7 Å². The summed E-state index contributed by atoms with van der Waals surface area (Å²) in [5.74, 6) is 0.404. The summed E-state index contributed by atoms with van der Waals surface area (Å²) >= 11 is 2.24. The summed E-state index contributed by atoms with van der Waals surface area (Å²) in [6.07, 6.45) is 3.25. The van der Waals surface area contributed by atoms with E-state index in [-0.39, 0.29) is 11.9 Å². The molecule has 8 nitrogen and oxygen atoms in total.